The summed E-state index contributed by atoms with van der Waals surface area (Å²) in [5, 5.41) is 10.1. The van der Waals surface area contributed by atoms with Gasteiger partial charge in [-0.15, -0.1) is 11.8 Å². The van der Waals surface area contributed by atoms with Gasteiger partial charge in [0.1, 0.15) is 5.75 Å². The molecule has 1 aromatic carbocycles. The van der Waals surface area contributed by atoms with E-state index in [0.29, 0.717) is 11.0 Å². The molecule has 1 unspecified atom stereocenters. The largest absolute Gasteiger partial charge is 0.507 e. The van der Waals surface area contributed by atoms with Crippen LogP contribution >= 0.6 is 11.8 Å². The summed E-state index contributed by atoms with van der Waals surface area (Å²) in [4.78, 5) is 0.961. The van der Waals surface area contributed by atoms with Crippen molar-refractivity contribution < 1.29 is 9.84 Å². The van der Waals surface area contributed by atoms with Crippen LogP contribution in [-0.2, 0) is 4.74 Å². The monoisotopic (exact) mass is 210 g/mol. The average molecular weight is 210 g/mol. The Morgan fingerprint density at radius 1 is 1.36 bits per heavy atom. The third-order valence-corrected chi connectivity index (χ3v) is 3.58. The minimum Gasteiger partial charge on any atom is -0.507 e. The van der Waals surface area contributed by atoms with Gasteiger partial charge in [0, 0.05) is 16.8 Å². The van der Waals surface area contributed by atoms with Crippen LogP contribution in [0.5, 0.6) is 5.75 Å². The molecule has 14 heavy (non-hydrogen) atoms. The zero-order valence-electron chi connectivity index (χ0n) is 7.98. The molecule has 0 spiro atoms. The first-order chi connectivity index (χ1) is 6.86. The number of phenols is 1. The number of para-hydroxylation sites is 1. The van der Waals surface area contributed by atoms with Crippen LogP contribution in [0, 0.1) is 0 Å². The van der Waals surface area contributed by atoms with E-state index in [-0.39, 0.29) is 0 Å². The average Bonchev–Trinajstić information content (AvgIpc) is 2.23. The summed E-state index contributed by atoms with van der Waals surface area (Å²) in [5.41, 5.74) is 0. The smallest absolute Gasteiger partial charge is 0.129 e. The predicted molar refractivity (Wildman–Crippen MR) is 57.8 cm³/mol. The van der Waals surface area contributed by atoms with Gasteiger partial charge in [0.25, 0.3) is 0 Å². The highest BCUT2D eigenvalue weighted by Crippen LogP contribution is 2.34. The third kappa shape index (κ3) is 2.42. The normalized spacial score (nSPS) is 22.1. The lowest BCUT2D eigenvalue weighted by atomic mass is 10.2. The molecular weight excluding hydrogens is 196 g/mol. The molecule has 3 heteroatoms. The van der Waals surface area contributed by atoms with Crippen molar-refractivity contribution in [3.05, 3.63) is 24.3 Å². The Morgan fingerprint density at radius 3 is 2.93 bits per heavy atom. The summed E-state index contributed by atoms with van der Waals surface area (Å²) >= 11 is 1.72. The molecule has 0 saturated carbocycles. The summed E-state index contributed by atoms with van der Waals surface area (Å²) in [5.74, 6) is 0.378. The minimum absolute atomic E-state index is 0.378. The van der Waals surface area contributed by atoms with Crippen molar-refractivity contribution in [1.82, 2.24) is 0 Å². The molecule has 0 radical (unpaired) electrons. The van der Waals surface area contributed by atoms with Crippen molar-refractivity contribution in [3.63, 3.8) is 0 Å². The molecule has 2 rings (SSSR count). The molecule has 1 aromatic rings. The van der Waals surface area contributed by atoms with E-state index < -0.39 is 0 Å². The fraction of sp³-hybridized carbons (Fsp3) is 0.455. The van der Waals surface area contributed by atoms with Gasteiger partial charge in [0.15, 0.2) is 0 Å². The first kappa shape index (κ1) is 9.87. The molecule has 1 atom stereocenters. The van der Waals surface area contributed by atoms with Gasteiger partial charge in [-0.05, 0) is 25.0 Å². The second kappa shape index (κ2) is 4.71. The van der Waals surface area contributed by atoms with Crippen LogP contribution in [-0.4, -0.2) is 23.6 Å². The standard InChI is InChI=1S/C11H14O2S/c12-10-5-1-2-6-11(10)14-9-4-3-7-13-8-9/h1-2,5-6,9,12H,3-4,7-8H2. The maximum absolute atomic E-state index is 9.58. The SMILES string of the molecule is Oc1ccccc1SC1CCCOC1. The fourth-order valence-electron chi connectivity index (χ4n) is 1.54. The number of rotatable bonds is 2. The van der Waals surface area contributed by atoms with E-state index in [1.807, 2.05) is 18.2 Å². The molecule has 2 nitrogen and oxygen atoms in total. The molecule has 76 valence electrons. The van der Waals surface area contributed by atoms with Crippen molar-refractivity contribution >= 4 is 11.8 Å². The molecular formula is C11H14O2S. The highest BCUT2D eigenvalue weighted by Gasteiger charge is 2.16. The molecule has 0 aliphatic carbocycles. The Morgan fingerprint density at radius 2 is 2.21 bits per heavy atom. The zero-order chi connectivity index (χ0) is 9.80. The van der Waals surface area contributed by atoms with Crippen LogP contribution in [0.4, 0.5) is 0 Å². The topological polar surface area (TPSA) is 29.5 Å². The molecule has 1 saturated heterocycles. The van der Waals surface area contributed by atoms with Gasteiger partial charge < -0.3 is 9.84 Å². The summed E-state index contributed by atoms with van der Waals surface area (Å²) in [6.45, 7) is 1.69. The lowest BCUT2D eigenvalue weighted by Crippen LogP contribution is -2.19. The number of hydrogen-bond donors (Lipinski definition) is 1. The van der Waals surface area contributed by atoms with Gasteiger partial charge in [-0.2, -0.15) is 0 Å². The Balaban J connectivity index is 1.99. The Bertz CT molecular complexity index is 295. The first-order valence-electron chi connectivity index (χ1n) is 4.88. The van der Waals surface area contributed by atoms with Crippen molar-refractivity contribution in [2.45, 2.75) is 23.0 Å². The van der Waals surface area contributed by atoms with Crippen LogP contribution in [0.1, 0.15) is 12.8 Å². The first-order valence-corrected chi connectivity index (χ1v) is 5.76. The van der Waals surface area contributed by atoms with E-state index >= 15 is 0 Å². The van der Waals surface area contributed by atoms with Crippen molar-refractivity contribution in [1.29, 1.82) is 0 Å². The summed E-state index contributed by atoms with van der Waals surface area (Å²) in [7, 11) is 0. The van der Waals surface area contributed by atoms with Crippen LogP contribution in [0.15, 0.2) is 29.2 Å². The second-order valence-electron chi connectivity index (χ2n) is 3.42. The second-order valence-corrected chi connectivity index (χ2v) is 4.77. The van der Waals surface area contributed by atoms with Gasteiger partial charge in [0.05, 0.1) is 6.61 Å². The molecule has 1 heterocycles. The maximum atomic E-state index is 9.58. The van der Waals surface area contributed by atoms with Gasteiger partial charge in [-0.3, -0.25) is 0 Å². The zero-order valence-corrected chi connectivity index (χ0v) is 8.80. The molecule has 1 aliphatic rings. The predicted octanol–water partition coefficient (Wildman–Crippen LogP) is 2.66. The molecule has 0 aromatic heterocycles. The van der Waals surface area contributed by atoms with Crippen LogP contribution in [0.3, 0.4) is 0 Å². The van der Waals surface area contributed by atoms with Crippen molar-refractivity contribution in [2.24, 2.45) is 0 Å². The van der Waals surface area contributed by atoms with E-state index in [1.165, 1.54) is 6.42 Å². The fourth-order valence-corrected chi connectivity index (χ4v) is 2.69. The van der Waals surface area contributed by atoms with Gasteiger partial charge in [-0.1, -0.05) is 12.1 Å². The summed E-state index contributed by atoms with van der Waals surface area (Å²) in [6.07, 6.45) is 2.31. The van der Waals surface area contributed by atoms with E-state index in [9.17, 15) is 5.11 Å². The molecule has 0 amide bonds. The van der Waals surface area contributed by atoms with Gasteiger partial charge >= 0.3 is 0 Å². The third-order valence-electron chi connectivity index (χ3n) is 2.28. The number of hydrogen-bond acceptors (Lipinski definition) is 3. The lowest BCUT2D eigenvalue weighted by molar-refractivity contribution is 0.101. The molecule has 1 N–H and O–H groups in total. The summed E-state index contributed by atoms with van der Waals surface area (Å²) in [6, 6.07) is 7.48. The van der Waals surface area contributed by atoms with Crippen LogP contribution in [0.2, 0.25) is 0 Å². The highest BCUT2D eigenvalue weighted by atomic mass is 32.2. The number of ether oxygens (including phenoxy) is 1. The minimum atomic E-state index is 0.378. The Kier molecular flexibility index (Phi) is 3.32. The van der Waals surface area contributed by atoms with Gasteiger partial charge in [-0.25, -0.2) is 0 Å². The quantitative estimate of drug-likeness (QED) is 0.813. The summed E-state index contributed by atoms with van der Waals surface area (Å²) < 4.78 is 5.39. The number of phenolic OH excluding ortho intramolecular Hbond substituents is 1. The van der Waals surface area contributed by atoms with Crippen molar-refractivity contribution in [2.75, 3.05) is 13.2 Å². The molecule has 1 aliphatic heterocycles. The number of benzene rings is 1. The Hall–Kier alpha value is -0.670. The highest BCUT2D eigenvalue weighted by molar-refractivity contribution is 8.00. The van der Waals surface area contributed by atoms with Crippen LogP contribution in [0.25, 0.3) is 0 Å². The van der Waals surface area contributed by atoms with E-state index in [0.717, 1.165) is 24.5 Å². The van der Waals surface area contributed by atoms with E-state index in [1.54, 1.807) is 17.8 Å². The molecule has 1 fully saturated rings. The van der Waals surface area contributed by atoms with Gasteiger partial charge in [0.2, 0.25) is 0 Å². The van der Waals surface area contributed by atoms with E-state index in [2.05, 4.69) is 0 Å². The number of aromatic hydroxyl groups is 1. The number of thioether (sulfide) groups is 1. The van der Waals surface area contributed by atoms with Crippen LogP contribution < -0.4 is 0 Å². The molecule has 0 bridgehead atoms. The Labute approximate surface area is 88.3 Å². The maximum Gasteiger partial charge on any atom is 0.129 e. The van der Waals surface area contributed by atoms with Crippen molar-refractivity contribution in [3.8, 4) is 5.75 Å². The lowest BCUT2D eigenvalue weighted by Gasteiger charge is -2.21. The van der Waals surface area contributed by atoms with E-state index in [4.69, 9.17) is 4.74 Å².